The predicted molar refractivity (Wildman–Crippen MR) is 120 cm³/mol. The Labute approximate surface area is 178 Å². The summed E-state index contributed by atoms with van der Waals surface area (Å²) in [5, 5.41) is 4.54. The third kappa shape index (κ3) is 4.42. The zero-order valence-corrected chi connectivity index (χ0v) is 17.6. The van der Waals surface area contributed by atoms with Gasteiger partial charge < -0.3 is 10.1 Å². The first-order valence-electron chi connectivity index (χ1n) is 9.15. The van der Waals surface area contributed by atoms with Gasteiger partial charge in [-0.25, -0.2) is 4.98 Å². The van der Waals surface area contributed by atoms with E-state index < -0.39 is 0 Å². The topological polar surface area (TPSA) is 51.2 Å². The molecule has 0 saturated heterocycles. The number of carbonyl (C=O) groups excluding carboxylic acids is 1. The van der Waals surface area contributed by atoms with E-state index in [1.165, 1.54) is 0 Å². The average molecular weight is 423 g/mol. The lowest BCUT2D eigenvalue weighted by Crippen LogP contribution is -2.20. The van der Waals surface area contributed by atoms with Crippen LogP contribution in [0.1, 0.15) is 11.1 Å². The molecule has 0 fully saturated rings. The summed E-state index contributed by atoms with van der Waals surface area (Å²) in [6, 6.07) is 19.3. The van der Waals surface area contributed by atoms with E-state index in [4.69, 9.17) is 21.3 Å². The van der Waals surface area contributed by atoms with Crippen molar-refractivity contribution in [2.75, 3.05) is 11.9 Å². The molecule has 0 radical (unpaired) electrons. The van der Waals surface area contributed by atoms with Crippen LogP contribution in [0.3, 0.4) is 0 Å². The highest BCUT2D eigenvalue weighted by Crippen LogP contribution is 2.32. The lowest BCUT2D eigenvalue weighted by molar-refractivity contribution is -0.118. The van der Waals surface area contributed by atoms with Crippen molar-refractivity contribution in [1.82, 2.24) is 4.98 Å². The van der Waals surface area contributed by atoms with Gasteiger partial charge in [-0.05, 0) is 73.5 Å². The monoisotopic (exact) mass is 422 g/mol. The van der Waals surface area contributed by atoms with Gasteiger partial charge in [0.05, 0.1) is 10.2 Å². The van der Waals surface area contributed by atoms with E-state index in [2.05, 4.69) is 11.4 Å². The minimum absolute atomic E-state index is 0.0693. The molecule has 29 heavy (non-hydrogen) atoms. The molecule has 1 aromatic heterocycles. The Morgan fingerprint density at radius 3 is 2.66 bits per heavy atom. The highest BCUT2D eigenvalue weighted by Gasteiger charge is 2.10. The van der Waals surface area contributed by atoms with Crippen molar-refractivity contribution in [3.05, 3.63) is 76.8 Å². The molecular formula is C23H19ClN2O2S. The standard InChI is InChI=1S/C23H19ClN2O2S/c1-14-12-17(8-9-18(14)24)28-13-22(27)25-19-10-7-16(11-15(19)2)23-26-20-5-3-4-6-21(20)29-23/h3-12H,13H2,1-2H3,(H,25,27). The lowest BCUT2D eigenvalue weighted by atomic mass is 10.1. The van der Waals surface area contributed by atoms with Gasteiger partial charge in [0.1, 0.15) is 10.8 Å². The second-order valence-electron chi connectivity index (χ2n) is 6.76. The van der Waals surface area contributed by atoms with E-state index >= 15 is 0 Å². The molecule has 146 valence electrons. The van der Waals surface area contributed by atoms with Crippen LogP contribution in [0.5, 0.6) is 5.75 Å². The van der Waals surface area contributed by atoms with E-state index in [-0.39, 0.29) is 12.5 Å². The Balaban J connectivity index is 1.43. The van der Waals surface area contributed by atoms with E-state index in [0.717, 1.165) is 37.6 Å². The molecular weight excluding hydrogens is 404 g/mol. The van der Waals surface area contributed by atoms with Gasteiger partial charge in [0.15, 0.2) is 6.61 Å². The molecule has 0 aliphatic carbocycles. The van der Waals surface area contributed by atoms with Crippen LogP contribution >= 0.6 is 22.9 Å². The Hall–Kier alpha value is -2.89. The quantitative estimate of drug-likeness (QED) is 0.413. The van der Waals surface area contributed by atoms with Gasteiger partial charge in [-0.3, -0.25) is 4.79 Å². The second kappa shape index (κ2) is 8.23. The smallest absolute Gasteiger partial charge is 0.262 e. The third-order valence-electron chi connectivity index (χ3n) is 4.54. The maximum atomic E-state index is 12.3. The summed E-state index contributed by atoms with van der Waals surface area (Å²) in [5.41, 5.74) is 4.67. The van der Waals surface area contributed by atoms with Crippen LogP contribution in [0.15, 0.2) is 60.7 Å². The summed E-state index contributed by atoms with van der Waals surface area (Å²) >= 11 is 7.67. The van der Waals surface area contributed by atoms with Crippen molar-refractivity contribution in [1.29, 1.82) is 0 Å². The number of fused-ring (bicyclic) bond motifs is 1. The molecule has 0 unspecified atom stereocenters. The molecule has 0 aliphatic rings. The van der Waals surface area contributed by atoms with Gasteiger partial charge in [-0.15, -0.1) is 11.3 Å². The number of ether oxygens (including phenoxy) is 1. The summed E-state index contributed by atoms with van der Waals surface area (Å²) in [4.78, 5) is 17.0. The molecule has 0 atom stereocenters. The zero-order chi connectivity index (χ0) is 20.4. The van der Waals surface area contributed by atoms with E-state index in [1.807, 2.05) is 56.3 Å². The number of amides is 1. The van der Waals surface area contributed by atoms with Crippen LogP contribution in [0, 0.1) is 13.8 Å². The molecule has 3 aromatic carbocycles. The van der Waals surface area contributed by atoms with Crippen LogP contribution in [0.2, 0.25) is 5.02 Å². The number of hydrogen-bond acceptors (Lipinski definition) is 4. The molecule has 0 saturated carbocycles. The molecule has 6 heteroatoms. The van der Waals surface area contributed by atoms with Crippen LogP contribution < -0.4 is 10.1 Å². The molecule has 4 aromatic rings. The Bertz CT molecular complexity index is 1170. The van der Waals surface area contributed by atoms with Crippen LogP contribution in [-0.2, 0) is 4.79 Å². The van der Waals surface area contributed by atoms with Gasteiger partial charge >= 0.3 is 0 Å². The molecule has 4 rings (SSSR count). The van der Waals surface area contributed by atoms with Crippen molar-refractivity contribution in [3.8, 4) is 16.3 Å². The number of anilines is 1. The number of halogens is 1. The SMILES string of the molecule is Cc1cc(OCC(=O)Nc2ccc(-c3nc4ccccc4s3)cc2C)ccc1Cl. The highest BCUT2D eigenvalue weighted by molar-refractivity contribution is 7.21. The number of rotatable bonds is 5. The average Bonchev–Trinajstić information content (AvgIpc) is 3.15. The zero-order valence-electron chi connectivity index (χ0n) is 16.0. The number of carbonyl (C=O) groups is 1. The number of nitrogens with one attached hydrogen (secondary N) is 1. The Morgan fingerprint density at radius 1 is 1.07 bits per heavy atom. The summed E-state index contributed by atoms with van der Waals surface area (Å²) in [6.07, 6.45) is 0. The second-order valence-corrected chi connectivity index (χ2v) is 8.20. The number of aryl methyl sites for hydroxylation is 2. The first-order chi connectivity index (χ1) is 14.0. The Kier molecular flexibility index (Phi) is 5.51. The van der Waals surface area contributed by atoms with E-state index in [0.29, 0.717) is 10.8 Å². The lowest BCUT2D eigenvalue weighted by Gasteiger charge is -2.11. The van der Waals surface area contributed by atoms with Crippen LogP contribution in [0.25, 0.3) is 20.8 Å². The molecule has 0 aliphatic heterocycles. The fraction of sp³-hybridized carbons (Fsp3) is 0.130. The van der Waals surface area contributed by atoms with E-state index in [1.54, 1.807) is 23.5 Å². The first-order valence-corrected chi connectivity index (χ1v) is 10.3. The number of para-hydroxylation sites is 1. The normalized spacial score (nSPS) is 10.9. The van der Waals surface area contributed by atoms with E-state index in [9.17, 15) is 4.79 Å². The highest BCUT2D eigenvalue weighted by atomic mass is 35.5. The fourth-order valence-corrected chi connectivity index (χ4v) is 4.05. The molecule has 4 nitrogen and oxygen atoms in total. The largest absolute Gasteiger partial charge is 0.484 e. The van der Waals surface area contributed by atoms with Gasteiger partial charge in [-0.1, -0.05) is 23.7 Å². The Morgan fingerprint density at radius 2 is 1.90 bits per heavy atom. The van der Waals surface area contributed by atoms with Crippen LogP contribution in [-0.4, -0.2) is 17.5 Å². The van der Waals surface area contributed by atoms with Gasteiger partial charge in [0, 0.05) is 16.3 Å². The number of benzene rings is 3. The summed E-state index contributed by atoms with van der Waals surface area (Å²) in [7, 11) is 0. The molecule has 1 heterocycles. The maximum absolute atomic E-state index is 12.3. The molecule has 1 N–H and O–H groups in total. The molecule has 0 spiro atoms. The van der Waals surface area contributed by atoms with Gasteiger partial charge in [-0.2, -0.15) is 0 Å². The number of thiazole rings is 1. The van der Waals surface area contributed by atoms with Gasteiger partial charge in [0.25, 0.3) is 5.91 Å². The third-order valence-corrected chi connectivity index (χ3v) is 6.05. The number of aromatic nitrogens is 1. The van der Waals surface area contributed by atoms with Crippen molar-refractivity contribution in [2.45, 2.75) is 13.8 Å². The van der Waals surface area contributed by atoms with Crippen LogP contribution in [0.4, 0.5) is 5.69 Å². The number of nitrogens with zero attached hydrogens (tertiary/aromatic N) is 1. The number of hydrogen-bond donors (Lipinski definition) is 1. The molecule has 0 bridgehead atoms. The maximum Gasteiger partial charge on any atom is 0.262 e. The summed E-state index contributed by atoms with van der Waals surface area (Å²) in [5.74, 6) is 0.401. The summed E-state index contributed by atoms with van der Waals surface area (Å²) in [6.45, 7) is 3.79. The molecule has 1 amide bonds. The predicted octanol–water partition coefficient (Wildman–Crippen LogP) is 6.25. The van der Waals surface area contributed by atoms with Crippen molar-refractivity contribution in [3.63, 3.8) is 0 Å². The minimum atomic E-state index is -0.214. The first kappa shape index (κ1) is 19.4. The summed E-state index contributed by atoms with van der Waals surface area (Å²) < 4.78 is 6.72. The van der Waals surface area contributed by atoms with Crippen molar-refractivity contribution < 1.29 is 9.53 Å². The van der Waals surface area contributed by atoms with Gasteiger partial charge in [0.2, 0.25) is 0 Å². The minimum Gasteiger partial charge on any atom is -0.484 e. The van der Waals surface area contributed by atoms with Crippen molar-refractivity contribution >= 4 is 44.7 Å². The fourth-order valence-electron chi connectivity index (χ4n) is 2.97. The van der Waals surface area contributed by atoms with Crippen molar-refractivity contribution in [2.24, 2.45) is 0 Å².